The van der Waals surface area contributed by atoms with Crippen LogP contribution in [0.3, 0.4) is 0 Å². The summed E-state index contributed by atoms with van der Waals surface area (Å²) in [5.74, 6) is -1.04. The van der Waals surface area contributed by atoms with Crippen LogP contribution in [0.5, 0.6) is 0 Å². The van der Waals surface area contributed by atoms with Crippen molar-refractivity contribution in [2.75, 3.05) is 33.4 Å². The van der Waals surface area contributed by atoms with Crippen molar-refractivity contribution in [1.29, 1.82) is 0 Å². The number of ether oxygens (including phenoxy) is 1. The molecule has 0 bridgehead atoms. The number of rotatable bonds is 5. The van der Waals surface area contributed by atoms with E-state index in [1.54, 1.807) is 13.2 Å². The van der Waals surface area contributed by atoms with Gasteiger partial charge in [-0.2, -0.15) is 0 Å². The molecule has 1 aromatic carbocycles. The monoisotopic (exact) mass is 284 g/mol. The van der Waals surface area contributed by atoms with E-state index in [2.05, 4.69) is 4.90 Å². The number of hydrogen-bond donors (Lipinski definition) is 1. The van der Waals surface area contributed by atoms with Gasteiger partial charge in [0.1, 0.15) is 0 Å². The van der Waals surface area contributed by atoms with Crippen molar-refractivity contribution in [1.82, 2.24) is 4.90 Å². The van der Waals surface area contributed by atoms with Crippen LogP contribution in [0, 0.1) is 17.6 Å². The SMILES string of the molecule is COCC1CCN(C(CN)c2cccc(F)c2F)CC1. The highest BCUT2D eigenvalue weighted by molar-refractivity contribution is 5.23. The lowest BCUT2D eigenvalue weighted by atomic mass is 9.94. The van der Waals surface area contributed by atoms with Gasteiger partial charge < -0.3 is 10.5 Å². The van der Waals surface area contributed by atoms with Crippen LogP contribution in [0.2, 0.25) is 0 Å². The summed E-state index contributed by atoms with van der Waals surface area (Å²) in [6, 6.07) is 4.04. The summed E-state index contributed by atoms with van der Waals surface area (Å²) in [4.78, 5) is 2.14. The summed E-state index contributed by atoms with van der Waals surface area (Å²) in [6.45, 7) is 2.72. The third kappa shape index (κ3) is 3.34. The van der Waals surface area contributed by atoms with Gasteiger partial charge in [0.2, 0.25) is 0 Å². The van der Waals surface area contributed by atoms with Gasteiger partial charge in [0, 0.05) is 25.8 Å². The number of likely N-dealkylation sites (tertiary alicyclic amines) is 1. The van der Waals surface area contributed by atoms with Gasteiger partial charge in [-0.15, -0.1) is 0 Å². The summed E-state index contributed by atoms with van der Waals surface area (Å²) in [5, 5.41) is 0. The number of hydrogen-bond acceptors (Lipinski definition) is 3. The Kier molecular flexibility index (Phi) is 5.46. The van der Waals surface area contributed by atoms with Crippen molar-refractivity contribution < 1.29 is 13.5 Å². The summed E-state index contributed by atoms with van der Waals surface area (Å²) in [6.07, 6.45) is 2.00. The van der Waals surface area contributed by atoms with Gasteiger partial charge in [-0.1, -0.05) is 12.1 Å². The van der Waals surface area contributed by atoms with Crippen LogP contribution in [0.25, 0.3) is 0 Å². The minimum Gasteiger partial charge on any atom is -0.384 e. The first kappa shape index (κ1) is 15.4. The molecule has 1 aliphatic heterocycles. The van der Waals surface area contributed by atoms with Crippen molar-refractivity contribution in [2.24, 2.45) is 11.7 Å². The number of piperidine rings is 1. The second-order valence-corrected chi connectivity index (χ2v) is 5.33. The fourth-order valence-electron chi connectivity index (χ4n) is 2.92. The van der Waals surface area contributed by atoms with Crippen LogP contribution in [-0.4, -0.2) is 38.3 Å². The molecule has 112 valence electrons. The highest BCUT2D eigenvalue weighted by Gasteiger charge is 2.27. The van der Waals surface area contributed by atoms with Gasteiger partial charge in [-0.05, 0) is 37.9 Å². The highest BCUT2D eigenvalue weighted by atomic mass is 19.2. The summed E-state index contributed by atoms with van der Waals surface area (Å²) < 4.78 is 32.4. The Morgan fingerprint density at radius 1 is 1.35 bits per heavy atom. The number of nitrogens with two attached hydrogens (primary N) is 1. The molecular weight excluding hydrogens is 262 g/mol. The molecule has 2 rings (SSSR count). The van der Waals surface area contributed by atoms with Crippen LogP contribution in [0.15, 0.2) is 18.2 Å². The first-order valence-corrected chi connectivity index (χ1v) is 7.04. The minimum atomic E-state index is -0.810. The minimum absolute atomic E-state index is 0.255. The Bertz CT molecular complexity index is 434. The molecule has 0 radical (unpaired) electrons. The lowest BCUT2D eigenvalue weighted by molar-refractivity contribution is 0.0800. The smallest absolute Gasteiger partial charge is 0.163 e. The maximum atomic E-state index is 13.9. The molecular formula is C15H22F2N2O. The summed E-state index contributed by atoms with van der Waals surface area (Å²) in [7, 11) is 1.71. The van der Waals surface area contributed by atoms with E-state index >= 15 is 0 Å². The first-order chi connectivity index (χ1) is 9.67. The molecule has 1 unspecified atom stereocenters. The lowest BCUT2D eigenvalue weighted by Crippen LogP contribution is -2.41. The van der Waals surface area contributed by atoms with E-state index in [9.17, 15) is 8.78 Å². The van der Waals surface area contributed by atoms with Crippen LogP contribution >= 0.6 is 0 Å². The zero-order valence-corrected chi connectivity index (χ0v) is 11.8. The van der Waals surface area contributed by atoms with E-state index in [1.165, 1.54) is 6.07 Å². The summed E-state index contributed by atoms with van der Waals surface area (Å²) >= 11 is 0. The van der Waals surface area contributed by atoms with E-state index in [4.69, 9.17) is 10.5 Å². The molecule has 3 nitrogen and oxygen atoms in total. The Labute approximate surface area is 118 Å². The van der Waals surface area contributed by atoms with Crippen molar-refractivity contribution in [3.05, 3.63) is 35.4 Å². The Morgan fingerprint density at radius 2 is 2.05 bits per heavy atom. The maximum absolute atomic E-state index is 13.9. The fraction of sp³-hybridized carbons (Fsp3) is 0.600. The quantitative estimate of drug-likeness (QED) is 0.902. The second-order valence-electron chi connectivity index (χ2n) is 5.33. The number of nitrogens with zero attached hydrogens (tertiary/aromatic N) is 1. The number of halogens is 2. The molecule has 1 aliphatic rings. The predicted octanol–water partition coefficient (Wildman–Crippen LogP) is 2.32. The van der Waals surface area contributed by atoms with Crippen molar-refractivity contribution in [3.63, 3.8) is 0 Å². The molecule has 1 atom stereocenters. The van der Waals surface area contributed by atoms with Crippen LogP contribution in [-0.2, 0) is 4.74 Å². The van der Waals surface area contributed by atoms with E-state index in [0.717, 1.165) is 38.6 Å². The van der Waals surface area contributed by atoms with Crippen molar-refractivity contribution in [2.45, 2.75) is 18.9 Å². The summed E-state index contributed by atoms with van der Waals surface area (Å²) in [5.41, 5.74) is 6.15. The standard InChI is InChI=1S/C15H22F2N2O/c1-20-10-11-5-7-19(8-6-11)14(9-18)12-3-2-4-13(16)15(12)17/h2-4,11,14H,5-10,18H2,1H3. The largest absolute Gasteiger partial charge is 0.384 e. The van der Waals surface area contributed by atoms with Crippen LogP contribution < -0.4 is 5.73 Å². The second kappa shape index (κ2) is 7.11. The zero-order chi connectivity index (χ0) is 14.5. The van der Waals surface area contributed by atoms with E-state index in [1.807, 2.05) is 0 Å². The average Bonchev–Trinajstić information content (AvgIpc) is 2.46. The Balaban J connectivity index is 2.08. The molecule has 5 heteroatoms. The molecule has 1 saturated heterocycles. The number of methoxy groups -OCH3 is 1. The zero-order valence-electron chi connectivity index (χ0n) is 11.8. The van der Waals surface area contributed by atoms with Crippen LogP contribution in [0.4, 0.5) is 8.78 Å². The lowest BCUT2D eigenvalue weighted by Gasteiger charge is -2.37. The molecule has 0 saturated carbocycles. The van der Waals surface area contributed by atoms with Crippen molar-refractivity contribution >= 4 is 0 Å². The van der Waals surface area contributed by atoms with Crippen molar-refractivity contribution in [3.8, 4) is 0 Å². The molecule has 0 amide bonds. The van der Waals surface area contributed by atoms with E-state index in [0.29, 0.717) is 11.5 Å². The Hall–Kier alpha value is -1.04. The van der Waals surface area contributed by atoms with Gasteiger partial charge in [0.25, 0.3) is 0 Å². The topological polar surface area (TPSA) is 38.5 Å². The van der Waals surface area contributed by atoms with Gasteiger partial charge in [-0.25, -0.2) is 8.78 Å². The normalized spacial score (nSPS) is 19.2. The highest BCUT2D eigenvalue weighted by Crippen LogP contribution is 2.28. The molecule has 2 N–H and O–H groups in total. The molecule has 0 aromatic heterocycles. The third-order valence-corrected chi connectivity index (χ3v) is 4.06. The molecule has 1 aromatic rings. The maximum Gasteiger partial charge on any atom is 0.163 e. The van der Waals surface area contributed by atoms with E-state index < -0.39 is 11.6 Å². The Morgan fingerprint density at radius 3 is 2.65 bits per heavy atom. The molecule has 1 heterocycles. The van der Waals surface area contributed by atoms with Gasteiger partial charge in [0.15, 0.2) is 11.6 Å². The van der Waals surface area contributed by atoms with Gasteiger partial charge in [0.05, 0.1) is 6.04 Å². The molecule has 0 aliphatic carbocycles. The van der Waals surface area contributed by atoms with Gasteiger partial charge in [-0.3, -0.25) is 4.90 Å². The number of benzene rings is 1. The van der Waals surface area contributed by atoms with E-state index in [-0.39, 0.29) is 12.6 Å². The fourth-order valence-corrected chi connectivity index (χ4v) is 2.92. The van der Waals surface area contributed by atoms with Gasteiger partial charge >= 0.3 is 0 Å². The average molecular weight is 284 g/mol. The molecule has 0 spiro atoms. The predicted molar refractivity (Wildman–Crippen MR) is 74.3 cm³/mol. The molecule has 1 fully saturated rings. The molecule has 20 heavy (non-hydrogen) atoms. The first-order valence-electron chi connectivity index (χ1n) is 7.04. The third-order valence-electron chi connectivity index (χ3n) is 4.06. The van der Waals surface area contributed by atoms with Crippen LogP contribution in [0.1, 0.15) is 24.4 Å².